The molecule has 1 saturated heterocycles. The zero-order valence-corrected chi connectivity index (χ0v) is 59.0. The molecule has 13 rings (SSSR count). The molecule has 3 aromatic carbocycles. The number of benzene rings is 3. The first kappa shape index (κ1) is 74.5. The number of nitrogens with one attached hydrogen (secondary N) is 3. The number of aliphatic hydroxyl groups excluding tert-OH is 3. The van der Waals surface area contributed by atoms with Crippen LogP contribution in [0.1, 0.15) is 122 Å². The number of anilines is 1. The van der Waals surface area contributed by atoms with Gasteiger partial charge in [-0.15, -0.1) is 0 Å². The van der Waals surface area contributed by atoms with Gasteiger partial charge in [-0.3, -0.25) is 39.1 Å². The van der Waals surface area contributed by atoms with Crippen molar-refractivity contribution in [2.75, 3.05) is 71.2 Å². The van der Waals surface area contributed by atoms with E-state index in [1.807, 2.05) is 35.9 Å². The summed E-state index contributed by atoms with van der Waals surface area (Å²) >= 11 is 1.37. The number of ether oxygens (including phenoxy) is 7. The highest BCUT2D eigenvalue weighted by Crippen LogP contribution is 2.72. The van der Waals surface area contributed by atoms with Gasteiger partial charge in [-0.25, -0.2) is 24.4 Å². The van der Waals surface area contributed by atoms with Gasteiger partial charge in [-0.1, -0.05) is 55.9 Å². The lowest BCUT2D eigenvalue weighted by Crippen LogP contribution is -2.64. The summed E-state index contributed by atoms with van der Waals surface area (Å²) in [6.45, 7) is 9.83. The minimum absolute atomic E-state index is 0.0504. The van der Waals surface area contributed by atoms with Crippen molar-refractivity contribution in [3.05, 3.63) is 131 Å². The van der Waals surface area contributed by atoms with E-state index < -0.39 is 54.3 Å². The van der Waals surface area contributed by atoms with Crippen molar-refractivity contribution in [2.24, 2.45) is 16.2 Å². The molecule has 7 aromatic rings. The maximum absolute atomic E-state index is 13.8. The zero-order chi connectivity index (χ0) is 73.3. The van der Waals surface area contributed by atoms with Gasteiger partial charge < -0.3 is 69.3 Å². The van der Waals surface area contributed by atoms with Crippen LogP contribution in [-0.4, -0.2) is 199 Å². The quantitative estimate of drug-likeness (QED) is 0.0138. The molecule has 29 heteroatoms. The van der Waals surface area contributed by atoms with Crippen LogP contribution in [0, 0.1) is 23.2 Å². The van der Waals surface area contributed by atoms with Gasteiger partial charge in [0.25, 0.3) is 17.7 Å². The number of hydrogen-bond donors (Lipinski definition) is 8. The predicted octanol–water partition coefficient (Wildman–Crippen LogP) is 7.95. The molecule has 4 aromatic heterocycles. The molecule has 4 bridgehead atoms. The highest BCUT2D eigenvalue weighted by Gasteiger charge is 2.66. The summed E-state index contributed by atoms with van der Waals surface area (Å²) in [5.74, 6) is -3.81. The number of thiazole rings is 1. The number of nitrogens with zero attached hydrogens (tertiary/aromatic N) is 6. The van der Waals surface area contributed by atoms with Gasteiger partial charge in [0.1, 0.15) is 30.7 Å². The summed E-state index contributed by atoms with van der Waals surface area (Å²) in [6.07, 6.45) is 4.51. The van der Waals surface area contributed by atoms with E-state index in [-0.39, 0.29) is 71.1 Å². The number of aromatic nitrogens is 5. The summed E-state index contributed by atoms with van der Waals surface area (Å²) in [5.41, 5.74) is 4.60. The Kier molecular flexibility index (Phi) is 23.3. The molecule has 6 aliphatic rings. The molecule has 104 heavy (non-hydrogen) atoms. The van der Waals surface area contributed by atoms with Crippen LogP contribution in [0.5, 0.6) is 5.75 Å². The van der Waals surface area contributed by atoms with Crippen molar-refractivity contribution in [1.82, 2.24) is 40.3 Å². The molecule has 6 heterocycles. The minimum atomic E-state index is -1.94. The van der Waals surface area contributed by atoms with Gasteiger partial charge in [0.15, 0.2) is 16.9 Å². The Balaban J connectivity index is 0.615. The largest absolute Gasteiger partial charge is 0.479 e. The molecular formula is C75H87N9O19S. The number of carbonyl (C=O) groups excluding carboxylic acids is 5. The molecule has 7 atom stereocenters. The lowest BCUT2D eigenvalue weighted by molar-refractivity contribution is -0.271. The van der Waals surface area contributed by atoms with Crippen LogP contribution >= 0.6 is 11.3 Å². The Labute approximate surface area is 603 Å². The third kappa shape index (κ3) is 17.6. The average Bonchev–Trinajstić information content (AvgIpc) is 0.806. The molecule has 8 N–H and O–H groups in total. The smallest absolute Gasteiger partial charge is 0.407 e. The van der Waals surface area contributed by atoms with Crippen molar-refractivity contribution in [1.29, 1.82) is 0 Å². The van der Waals surface area contributed by atoms with E-state index in [1.54, 1.807) is 67.0 Å². The molecule has 2 unspecified atom stereocenters. The number of carboxylic acid groups (broad SMARTS) is 2. The average molecular weight is 1450 g/mol. The number of pyridine rings is 2. The number of carbonyl (C=O) groups is 7. The number of aliphatic hydroxyl groups is 3. The van der Waals surface area contributed by atoms with E-state index >= 15 is 0 Å². The van der Waals surface area contributed by atoms with Gasteiger partial charge in [0, 0.05) is 96.5 Å². The second kappa shape index (κ2) is 32.5. The number of unbranched alkanes of at least 4 members (excludes halogenated alkanes) is 2. The van der Waals surface area contributed by atoms with Gasteiger partial charge in [0.05, 0.1) is 72.9 Å². The monoisotopic (exact) mass is 1450 g/mol. The predicted molar refractivity (Wildman–Crippen MR) is 378 cm³/mol. The Hall–Kier alpha value is -9.17. The van der Waals surface area contributed by atoms with Crippen molar-refractivity contribution < 1.29 is 92.3 Å². The number of rotatable bonds is 35. The molecule has 4 aliphatic carbocycles. The van der Waals surface area contributed by atoms with Gasteiger partial charge in [0.2, 0.25) is 12.2 Å². The van der Waals surface area contributed by atoms with Crippen LogP contribution in [-0.2, 0) is 67.2 Å². The minimum Gasteiger partial charge on any atom is -0.479 e. The summed E-state index contributed by atoms with van der Waals surface area (Å²) < 4.78 is 43.9. The highest BCUT2D eigenvalue weighted by atomic mass is 32.1. The number of aromatic carboxylic acids is 1. The Bertz CT molecular complexity index is 4300. The van der Waals surface area contributed by atoms with Crippen LogP contribution in [0.4, 0.5) is 9.93 Å². The molecule has 0 radical (unpaired) electrons. The number of alkyl carbamates (subject to hydrolysis) is 1. The first-order chi connectivity index (χ1) is 50.0. The van der Waals surface area contributed by atoms with Crippen LogP contribution in [0.3, 0.4) is 0 Å². The Morgan fingerprint density at radius 3 is 2.19 bits per heavy atom. The van der Waals surface area contributed by atoms with E-state index in [1.165, 1.54) is 28.4 Å². The third-order valence-electron chi connectivity index (χ3n) is 20.0. The molecule has 0 spiro atoms. The first-order valence-electron chi connectivity index (χ1n) is 35.1. The fourth-order valence-electron chi connectivity index (χ4n) is 16.5. The van der Waals surface area contributed by atoms with Crippen molar-refractivity contribution in [3.63, 3.8) is 0 Å². The number of fused-ring (bicyclic) bond motifs is 2. The van der Waals surface area contributed by atoms with Crippen molar-refractivity contribution in [3.8, 4) is 28.1 Å². The van der Waals surface area contributed by atoms with E-state index in [2.05, 4.69) is 39.8 Å². The number of carboxylic acids is 2. The van der Waals surface area contributed by atoms with Gasteiger partial charge in [-0.05, 0) is 148 Å². The highest BCUT2D eigenvalue weighted by molar-refractivity contribution is 7.22. The normalized spacial score (nSPS) is 24.0. The molecular weight excluding hydrogens is 1360 g/mol. The van der Waals surface area contributed by atoms with Crippen LogP contribution in [0.25, 0.3) is 43.5 Å². The first-order valence-corrected chi connectivity index (χ1v) is 35.9. The number of amides is 5. The molecule has 4 saturated carbocycles. The van der Waals surface area contributed by atoms with E-state index in [0.717, 1.165) is 60.0 Å². The molecule has 28 nitrogen and oxygen atoms in total. The fraction of sp³-hybridized carbons (Fsp3) is 0.480. The van der Waals surface area contributed by atoms with Crippen LogP contribution < -0.4 is 20.7 Å². The second-order valence-electron chi connectivity index (χ2n) is 28.5. The van der Waals surface area contributed by atoms with Gasteiger partial charge in [-0.2, -0.15) is 5.10 Å². The maximum Gasteiger partial charge on any atom is 0.407 e. The summed E-state index contributed by atoms with van der Waals surface area (Å²) in [5, 5.41) is 66.6. The maximum atomic E-state index is 13.8. The number of hydrogen-bond acceptors (Lipinski definition) is 22. The number of para-hydroxylation sites is 1. The standard InChI is InChI=1S/C75H87N9O19S/c1-45-52(49-18-19-53(80-61(49)67(92)93)47-34-51-50(12-9-14-54(51)78-35-47)66(91)82-70-81-55-13-6-7-15-57(55)104-70)36-79-84(45)44-74-39-72(2)38-73(3,40-74)42-75(41-72,43-74)101-28-24-77-71(96)100-37-48-33-46(17-20-56(48)102-69-64(90)62(88)63(89)65(103-69)68(94)95)11-10-26-97-29-31-99-32-30-98-27-23-76-58(85)16-5-4-8-25-83-59(86)21-22-60(83)87/h6-7,9,12-15,17-22,33-36,62-65,69,88-90H,4-5,8,10-11,16,23-32,37-44H2,1-3H3,(H,76,85)(H,77,96)(H,92,93)(H,94,95)(H,81,82,91)/t62-,63-,64+,65-,69+,72?,73?,74?,75?/m0/s1. The third-order valence-corrected chi connectivity index (χ3v) is 20.9. The van der Waals surface area contributed by atoms with Crippen LogP contribution in [0.15, 0.2) is 103 Å². The molecule has 5 amide bonds. The lowest BCUT2D eigenvalue weighted by atomic mass is 9.39. The second-order valence-corrected chi connectivity index (χ2v) is 29.5. The fourth-order valence-corrected chi connectivity index (χ4v) is 17.3. The van der Waals surface area contributed by atoms with E-state index in [9.17, 15) is 59.1 Å². The van der Waals surface area contributed by atoms with Crippen LogP contribution in [0.2, 0.25) is 0 Å². The van der Waals surface area contributed by atoms with E-state index in [4.69, 9.17) is 43.2 Å². The van der Waals surface area contributed by atoms with Gasteiger partial charge >= 0.3 is 18.0 Å². The number of aliphatic carboxylic acids is 1. The molecule has 5 fully saturated rings. The lowest BCUT2D eigenvalue weighted by Gasteiger charge is -2.69. The Morgan fingerprint density at radius 2 is 1.44 bits per heavy atom. The van der Waals surface area contributed by atoms with Crippen molar-refractivity contribution in [2.45, 2.75) is 147 Å². The topological polar surface area (TPSA) is 381 Å². The molecule has 2 aliphatic heterocycles. The SMILES string of the molecule is Cc1c(-c2ccc(-c3cnc4cccc(C(=O)Nc5nc6ccccc6s5)c4c3)nc2C(=O)O)cnn1CC12CC3(C)CC(C)(C1)CC(OCCNC(=O)OCc1cc(CCCOCCOCCOCCNC(=O)CCCCCN4C(=O)C=CC4=O)ccc1O[C@@H]1O[C@H](C(=O)O)[C@@H](O)[C@H](O)[C@H]1O)(C3)C2. The summed E-state index contributed by atoms with van der Waals surface area (Å²) in [4.78, 5) is 103. The number of aryl methyl sites for hydroxylation is 1. The molecule has 552 valence electrons. The van der Waals surface area contributed by atoms with E-state index in [0.29, 0.717) is 147 Å². The Morgan fingerprint density at radius 1 is 0.712 bits per heavy atom. The van der Waals surface area contributed by atoms with Crippen molar-refractivity contribution >= 4 is 79.2 Å². The number of imide groups is 1. The summed E-state index contributed by atoms with van der Waals surface area (Å²) in [7, 11) is 0. The summed E-state index contributed by atoms with van der Waals surface area (Å²) in [6, 6.07) is 23.2. The zero-order valence-electron chi connectivity index (χ0n) is 58.2.